The van der Waals surface area contributed by atoms with Gasteiger partial charge < -0.3 is 5.32 Å². The van der Waals surface area contributed by atoms with Crippen LogP contribution in [-0.2, 0) is 6.54 Å². The van der Waals surface area contributed by atoms with Crippen molar-refractivity contribution >= 4 is 27.5 Å². The Hall–Kier alpha value is -0.870. The fourth-order valence-electron chi connectivity index (χ4n) is 4.30. The van der Waals surface area contributed by atoms with Gasteiger partial charge in [0.25, 0.3) is 0 Å². The molecule has 4 rings (SSSR count). The monoisotopic (exact) mass is 432 g/mol. The fraction of sp³-hybridized carbons (Fsp3) is 0.455. The Labute approximate surface area is 170 Å². The molecule has 1 aliphatic heterocycles. The van der Waals surface area contributed by atoms with Crippen LogP contribution in [0.25, 0.3) is 0 Å². The average Bonchev–Trinajstić information content (AvgIpc) is 3.12. The molecule has 1 aliphatic carbocycles. The Morgan fingerprint density at radius 1 is 1.12 bits per heavy atom. The van der Waals surface area contributed by atoms with Crippen LogP contribution in [0.15, 0.2) is 46.9 Å². The molecular formula is C22H26BrClN2. The first-order chi connectivity index (χ1) is 12.6. The molecule has 1 unspecified atom stereocenters. The van der Waals surface area contributed by atoms with Gasteiger partial charge in [-0.05, 0) is 77.8 Å². The number of nitrogens with zero attached hydrogens (tertiary/aromatic N) is 1. The van der Waals surface area contributed by atoms with Crippen molar-refractivity contribution in [2.45, 2.75) is 50.7 Å². The smallest absolute Gasteiger partial charge is 0.0551 e. The minimum atomic E-state index is 0.640. The molecule has 1 N–H and O–H groups in total. The molecule has 1 saturated heterocycles. The van der Waals surface area contributed by atoms with Gasteiger partial charge in [-0.3, -0.25) is 4.90 Å². The zero-order chi connectivity index (χ0) is 18.1. The van der Waals surface area contributed by atoms with Gasteiger partial charge in [-0.15, -0.1) is 0 Å². The highest BCUT2D eigenvalue weighted by molar-refractivity contribution is 9.10. The van der Waals surface area contributed by atoms with E-state index in [0.29, 0.717) is 18.0 Å². The Balaban J connectivity index is 1.46. The van der Waals surface area contributed by atoms with E-state index < -0.39 is 0 Å². The quantitative estimate of drug-likeness (QED) is 0.668. The summed E-state index contributed by atoms with van der Waals surface area (Å²) in [6.07, 6.45) is 3.78. The van der Waals surface area contributed by atoms with Crippen molar-refractivity contribution in [3.05, 3.63) is 68.7 Å². The van der Waals surface area contributed by atoms with E-state index in [4.69, 9.17) is 11.6 Å². The van der Waals surface area contributed by atoms with E-state index in [-0.39, 0.29) is 0 Å². The molecule has 2 aromatic rings. The van der Waals surface area contributed by atoms with Crippen LogP contribution in [0.3, 0.4) is 0 Å². The minimum absolute atomic E-state index is 0.640. The molecule has 0 aromatic heterocycles. The van der Waals surface area contributed by atoms with E-state index in [1.807, 2.05) is 0 Å². The SMILES string of the molecule is Cc1ccc(C2CC(N(Cc3ccc(Br)c(Cl)c3)C3CCNC3)C2)cc1. The van der Waals surface area contributed by atoms with E-state index in [0.717, 1.165) is 29.1 Å². The van der Waals surface area contributed by atoms with Crippen LogP contribution >= 0.6 is 27.5 Å². The summed E-state index contributed by atoms with van der Waals surface area (Å²) in [6.45, 7) is 5.39. The molecule has 138 valence electrons. The second-order valence-corrected chi connectivity index (χ2v) is 9.06. The Bertz CT molecular complexity index is 749. The third kappa shape index (κ3) is 4.01. The van der Waals surface area contributed by atoms with Crippen LogP contribution in [0.2, 0.25) is 5.02 Å². The van der Waals surface area contributed by atoms with E-state index in [2.05, 4.69) is 75.5 Å². The van der Waals surface area contributed by atoms with E-state index in [1.165, 1.54) is 36.0 Å². The molecule has 2 aliphatic rings. The van der Waals surface area contributed by atoms with Crippen molar-refractivity contribution in [3.8, 4) is 0 Å². The van der Waals surface area contributed by atoms with Gasteiger partial charge in [0, 0.05) is 29.6 Å². The summed E-state index contributed by atoms with van der Waals surface area (Å²) in [5.74, 6) is 0.714. The van der Waals surface area contributed by atoms with Gasteiger partial charge in [-0.2, -0.15) is 0 Å². The van der Waals surface area contributed by atoms with Gasteiger partial charge >= 0.3 is 0 Å². The van der Waals surface area contributed by atoms with Crippen molar-refractivity contribution < 1.29 is 0 Å². The highest BCUT2D eigenvalue weighted by atomic mass is 79.9. The Morgan fingerprint density at radius 2 is 1.88 bits per heavy atom. The van der Waals surface area contributed by atoms with Crippen molar-refractivity contribution in [1.29, 1.82) is 0 Å². The van der Waals surface area contributed by atoms with E-state index in [9.17, 15) is 0 Å². The second kappa shape index (κ2) is 8.02. The van der Waals surface area contributed by atoms with Crippen LogP contribution in [0.5, 0.6) is 0 Å². The zero-order valence-electron chi connectivity index (χ0n) is 15.2. The molecule has 0 spiro atoms. The lowest BCUT2D eigenvalue weighted by Crippen LogP contribution is -2.49. The predicted molar refractivity (Wildman–Crippen MR) is 113 cm³/mol. The van der Waals surface area contributed by atoms with Crippen LogP contribution in [0, 0.1) is 6.92 Å². The van der Waals surface area contributed by atoms with Crippen molar-refractivity contribution in [2.24, 2.45) is 0 Å². The number of rotatable bonds is 5. The molecule has 4 heteroatoms. The molecule has 0 radical (unpaired) electrons. The van der Waals surface area contributed by atoms with Gasteiger partial charge in [0.05, 0.1) is 5.02 Å². The second-order valence-electron chi connectivity index (χ2n) is 7.80. The van der Waals surface area contributed by atoms with Gasteiger partial charge in [0.1, 0.15) is 0 Å². The number of benzene rings is 2. The molecule has 1 atom stereocenters. The number of nitrogens with one attached hydrogen (secondary N) is 1. The molecule has 2 nitrogen and oxygen atoms in total. The average molecular weight is 434 g/mol. The standard InChI is InChI=1S/C22H26BrClN2/c1-15-2-5-17(6-3-15)18-11-20(12-18)26(19-8-9-25-13-19)14-16-4-7-21(23)22(24)10-16/h2-7,10,18-20,25H,8-9,11-14H2,1H3. The van der Waals surface area contributed by atoms with Gasteiger partial charge in [-0.25, -0.2) is 0 Å². The third-order valence-electron chi connectivity index (χ3n) is 5.98. The maximum atomic E-state index is 6.32. The third-order valence-corrected chi connectivity index (χ3v) is 7.22. The fourth-order valence-corrected chi connectivity index (χ4v) is 4.75. The maximum absolute atomic E-state index is 6.32. The summed E-state index contributed by atoms with van der Waals surface area (Å²) in [5, 5.41) is 4.34. The highest BCUT2D eigenvalue weighted by Crippen LogP contribution is 2.41. The van der Waals surface area contributed by atoms with Gasteiger partial charge in [0.15, 0.2) is 0 Å². The first kappa shape index (κ1) is 18.5. The summed E-state index contributed by atoms with van der Waals surface area (Å²) in [5.41, 5.74) is 4.15. The molecule has 0 amide bonds. The molecule has 2 fully saturated rings. The van der Waals surface area contributed by atoms with Crippen LogP contribution < -0.4 is 5.32 Å². The Kier molecular flexibility index (Phi) is 5.70. The zero-order valence-corrected chi connectivity index (χ0v) is 17.6. The summed E-state index contributed by atoms with van der Waals surface area (Å²) in [7, 11) is 0. The van der Waals surface area contributed by atoms with Gasteiger partial charge in [0.2, 0.25) is 0 Å². The highest BCUT2D eigenvalue weighted by Gasteiger charge is 2.38. The lowest BCUT2D eigenvalue weighted by atomic mass is 9.74. The van der Waals surface area contributed by atoms with Gasteiger partial charge in [-0.1, -0.05) is 47.5 Å². The van der Waals surface area contributed by atoms with E-state index in [1.54, 1.807) is 0 Å². The molecular weight excluding hydrogens is 408 g/mol. The van der Waals surface area contributed by atoms with Crippen molar-refractivity contribution in [3.63, 3.8) is 0 Å². The summed E-state index contributed by atoms with van der Waals surface area (Å²) in [6, 6.07) is 16.8. The van der Waals surface area contributed by atoms with Crippen LogP contribution in [0.1, 0.15) is 41.9 Å². The molecule has 0 bridgehead atoms. The summed E-state index contributed by atoms with van der Waals surface area (Å²) >= 11 is 9.82. The summed E-state index contributed by atoms with van der Waals surface area (Å²) in [4.78, 5) is 2.73. The van der Waals surface area contributed by atoms with E-state index >= 15 is 0 Å². The van der Waals surface area contributed by atoms with Crippen molar-refractivity contribution in [1.82, 2.24) is 10.2 Å². The normalized spacial score (nSPS) is 25.5. The largest absolute Gasteiger partial charge is 0.315 e. The maximum Gasteiger partial charge on any atom is 0.0551 e. The Morgan fingerprint density at radius 3 is 2.54 bits per heavy atom. The number of halogens is 2. The lowest BCUT2D eigenvalue weighted by Gasteiger charge is -2.46. The molecule has 26 heavy (non-hydrogen) atoms. The van der Waals surface area contributed by atoms with Crippen LogP contribution in [-0.4, -0.2) is 30.1 Å². The predicted octanol–water partition coefficient (Wildman–Crippen LogP) is 5.52. The molecule has 1 saturated carbocycles. The summed E-state index contributed by atoms with van der Waals surface area (Å²) < 4.78 is 0.972. The molecule has 2 aromatic carbocycles. The first-order valence-corrected chi connectivity index (χ1v) is 10.7. The number of aryl methyl sites for hydroxylation is 1. The first-order valence-electron chi connectivity index (χ1n) is 9.57. The number of hydrogen-bond donors (Lipinski definition) is 1. The minimum Gasteiger partial charge on any atom is -0.315 e. The topological polar surface area (TPSA) is 15.3 Å². The number of hydrogen-bond acceptors (Lipinski definition) is 2. The van der Waals surface area contributed by atoms with Crippen molar-refractivity contribution in [2.75, 3.05) is 13.1 Å². The van der Waals surface area contributed by atoms with Crippen LogP contribution in [0.4, 0.5) is 0 Å². The molecule has 1 heterocycles. The lowest BCUT2D eigenvalue weighted by molar-refractivity contribution is 0.0646.